The Labute approximate surface area is 99.6 Å². The summed E-state index contributed by atoms with van der Waals surface area (Å²) in [5.41, 5.74) is 6.66. The SMILES string of the molecule is CC(C)CC(N)c1cc(Cl)cc([N+](=O)[O-])c1. The number of hydrogen-bond donors (Lipinski definition) is 1. The molecule has 0 radical (unpaired) electrons. The van der Waals surface area contributed by atoms with Gasteiger partial charge in [-0.1, -0.05) is 25.4 Å². The smallest absolute Gasteiger partial charge is 0.271 e. The van der Waals surface area contributed by atoms with Gasteiger partial charge in [0, 0.05) is 23.2 Å². The fourth-order valence-electron chi connectivity index (χ4n) is 1.56. The van der Waals surface area contributed by atoms with E-state index in [4.69, 9.17) is 17.3 Å². The quantitative estimate of drug-likeness (QED) is 0.651. The standard InChI is InChI=1S/C11H15ClN2O2/c1-7(2)3-11(13)8-4-9(12)6-10(5-8)14(15)16/h4-7,11H,3,13H2,1-2H3. The van der Waals surface area contributed by atoms with Gasteiger partial charge in [0.2, 0.25) is 0 Å². The summed E-state index contributed by atoms with van der Waals surface area (Å²) in [6.07, 6.45) is 0.775. The van der Waals surface area contributed by atoms with Crippen LogP contribution in [0.1, 0.15) is 31.9 Å². The van der Waals surface area contributed by atoms with E-state index in [0.29, 0.717) is 16.5 Å². The molecule has 1 aromatic rings. The lowest BCUT2D eigenvalue weighted by Crippen LogP contribution is -2.13. The second-order valence-corrected chi connectivity index (χ2v) is 4.67. The predicted octanol–water partition coefficient (Wildman–Crippen LogP) is 3.29. The molecule has 0 aliphatic rings. The molecule has 0 aromatic heterocycles. The minimum absolute atomic E-state index is 0.0123. The van der Waals surface area contributed by atoms with Crippen molar-refractivity contribution in [1.29, 1.82) is 0 Å². The number of non-ortho nitro benzene ring substituents is 1. The number of halogens is 1. The van der Waals surface area contributed by atoms with Gasteiger partial charge in [-0.05, 0) is 24.0 Å². The molecule has 4 nitrogen and oxygen atoms in total. The van der Waals surface area contributed by atoms with Crippen molar-refractivity contribution >= 4 is 17.3 Å². The molecule has 1 aromatic carbocycles. The molecule has 1 atom stereocenters. The van der Waals surface area contributed by atoms with E-state index in [1.165, 1.54) is 12.1 Å². The number of rotatable bonds is 4. The molecular weight excluding hydrogens is 228 g/mol. The maximum absolute atomic E-state index is 10.7. The van der Waals surface area contributed by atoms with Crippen LogP contribution in [0.3, 0.4) is 0 Å². The summed E-state index contributed by atoms with van der Waals surface area (Å²) in [6, 6.07) is 4.28. The first kappa shape index (κ1) is 12.9. The molecule has 0 saturated heterocycles. The van der Waals surface area contributed by atoms with Crippen molar-refractivity contribution in [3.8, 4) is 0 Å². The summed E-state index contributed by atoms with van der Waals surface area (Å²) < 4.78 is 0. The van der Waals surface area contributed by atoms with Crippen LogP contribution >= 0.6 is 11.6 Å². The van der Waals surface area contributed by atoms with Crippen LogP contribution in [0.5, 0.6) is 0 Å². The van der Waals surface area contributed by atoms with Crippen LogP contribution in [-0.2, 0) is 0 Å². The number of nitrogens with two attached hydrogens (primary N) is 1. The van der Waals surface area contributed by atoms with Crippen LogP contribution in [-0.4, -0.2) is 4.92 Å². The highest BCUT2D eigenvalue weighted by atomic mass is 35.5. The van der Waals surface area contributed by atoms with E-state index in [9.17, 15) is 10.1 Å². The van der Waals surface area contributed by atoms with Gasteiger partial charge in [-0.2, -0.15) is 0 Å². The Hall–Kier alpha value is -1.13. The maximum atomic E-state index is 10.7. The second-order valence-electron chi connectivity index (χ2n) is 4.24. The van der Waals surface area contributed by atoms with Crippen molar-refractivity contribution in [1.82, 2.24) is 0 Å². The highest BCUT2D eigenvalue weighted by Gasteiger charge is 2.14. The molecule has 1 rings (SSSR count). The van der Waals surface area contributed by atoms with Crippen LogP contribution < -0.4 is 5.73 Å². The van der Waals surface area contributed by atoms with Gasteiger partial charge in [0.1, 0.15) is 0 Å². The average Bonchev–Trinajstić information content (AvgIpc) is 2.15. The Morgan fingerprint density at radius 1 is 1.44 bits per heavy atom. The van der Waals surface area contributed by atoms with Crippen molar-refractivity contribution in [3.63, 3.8) is 0 Å². The molecule has 5 heteroatoms. The van der Waals surface area contributed by atoms with Gasteiger partial charge in [0.05, 0.1) is 4.92 Å². The largest absolute Gasteiger partial charge is 0.324 e. The molecule has 0 spiro atoms. The van der Waals surface area contributed by atoms with E-state index in [-0.39, 0.29) is 11.7 Å². The number of nitro benzene ring substituents is 1. The van der Waals surface area contributed by atoms with Gasteiger partial charge < -0.3 is 5.73 Å². The fraction of sp³-hybridized carbons (Fsp3) is 0.455. The Morgan fingerprint density at radius 2 is 2.06 bits per heavy atom. The molecule has 88 valence electrons. The summed E-state index contributed by atoms with van der Waals surface area (Å²) in [6.45, 7) is 4.11. The third-order valence-electron chi connectivity index (χ3n) is 2.27. The maximum Gasteiger partial charge on any atom is 0.271 e. The van der Waals surface area contributed by atoms with E-state index >= 15 is 0 Å². The van der Waals surface area contributed by atoms with Crippen LogP contribution in [0, 0.1) is 16.0 Å². The molecule has 0 amide bonds. The number of hydrogen-bond acceptors (Lipinski definition) is 3. The molecule has 0 heterocycles. The van der Waals surface area contributed by atoms with Crippen molar-refractivity contribution in [2.45, 2.75) is 26.3 Å². The fourth-order valence-corrected chi connectivity index (χ4v) is 1.80. The topological polar surface area (TPSA) is 69.2 Å². The van der Waals surface area contributed by atoms with Crippen LogP contribution in [0.4, 0.5) is 5.69 Å². The Balaban J connectivity index is 3.00. The van der Waals surface area contributed by atoms with Gasteiger partial charge in [0.25, 0.3) is 5.69 Å². The molecule has 0 bridgehead atoms. The summed E-state index contributed by atoms with van der Waals surface area (Å²) in [5.74, 6) is 0.438. The summed E-state index contributed by atoms with van der Waals surface area (Å²) >= 11 is 5.81. The Kier molecular flexibility index (Phi) is 4.26. The van der Waals surface area contributed by atoms with E-state index < -0.39 is 4.92 Å². The highest BCUT2D eigenvalue weighted by Crippen LogP contribution is 2.26. The zero-order chi connectivity index (χ0) is 12.3. The van der Waals surface area contributed by atoms with Gasteiger partial charge in [-0.25, -0.2) is 0 Å². The van der Waals surface area contributed by atoms with Crippen molar-refractivity contribution in [2.24, 2.45) is 11.7 Å². The zero-order valence-corrected chi connectivity index (χ0v) is 10.1. The molecule has 0 aliphatic carbocycles. The summed E-state index contributed by atoms with van der Waals surface area (Å²) in [7, 11) is 0. The zero-order valence-electron chi connectivity index (χ0n) is 9.31. The molecule has 2 N–H and O–H groups in total. The van der Waals surface area contributed by atoms with E-state index in [1.807, 2.05) is 0 Å². The van der Waals surface area contributed by atoms with E-state index in [1.54, 1.807) is 6.07 Å². The first-order chi connectivity index (χ1) is 7.40. The van der Waals surface area contributed by atoms with Crippen LogP contribution in [0.15, 0.2) is 18.2 Å². The van der Waals surface area contributed by atoms with Crippen molar-refractivity contribution in [2.75, 3.05) is 0 Å². The summed E-state index contributed by atoms with van der Waals surface area (Å²) in [5, 5.41) is 11.0. The predicted molar refractivity (Wildman–Crippen MR) is 64.5 cm³/mol. The highest BCUT2D eigenvalue weighted by molar-refractivity contribution is 6.30. The molecule has 0 fully saturated rings. The number of benzene rings is 1. The normalized spacial score (nSPS) is 12.8. The van der Waals surface area contributed by atoms with Gasteiger partial charge in [-0.15, -0.1) is 0 Å². The number of nitrogens with zero attached hydrogens (tertiary/aromatic N) is 1. The number of nitro groups is 1. The lowest BCUT2D eigenvalue weighted by Gasteiger charge is -2.14. The second kappa shape index (κ2) is 5.27. The molecule has 1 unspecified atom stereocenters. The van der Waals surface area contributed by atoms with E-state index in [2.05, 4.69) is 13.8 Å². The third kappa shape index (κ3) is 3.47. The molecular formula is C11H15ClN2O2. The van der Waals surface area contributed by atoms with Crippen molar-refractivity contribution < 1.29 is 4.92 Å². The van der Waals surface area contributed by atoms with Crippen LogP contribution in [0.2, 0.25) is 5.02 Å². The monoisotopic (exact) mass is 242 g/mol. The van der Waals surface area contributed by atoms with Crippen LogP contribution in [0.25, 0.3) is 0 Å². The first-order valence-electron chi connectivity index (χ1n) is 5.10. The molecule has 0 saturated carbocycles. The first-order valence-corrected chi connectivity index (χ1v) is 5.48. The lowest BCUT2D eigenvalue weighted by atomic mass is 9.97. The van der Waals surface area contributed by atoms with Crippen molar-refractivity contribution in [3.05, 3.63) is 38.9 Å². The molecule has 0 aliphatic heterocycles. The Morgan fingerprint density at radius 3 is 2.56 bits per heavy atom. The minimum atomic E-state index is -0.461. The Bertz CT molecular complexity index is 394. The molecule has 16 heavy (non-hydrogen) atoms. The minimum Gasteiger partial charge on any atom is -0.324 e. The van der Waals surface area contributed by atoms with Gasteiger partial charge >= 0.3 is 0 Å². The lowest BCUT2D eigenvalue weighted by molar-refractivity contribution is -0.384. The van der Waals surface area contributed by atoms with Gasteiger partial charge in [0.15, 0.2) is 0 Å². The summed E-state index contributed by atoms with van der Waals surface area (Å²) in [4.78, 5) is 10.2. The van der Waals surface area contributed by atoms with E-state index in [0.717, 1.165) is 6.42 Å². The van der Waals surface area contributed by atoms with Gasteiger partial charge in [-0.3, -0.25) is 10.1 Å². The third-order valence-corrected chi connectivity index (χ3v) is 2.49. The average molecular weight is 243 g/mol.